The van der Waals surface area contributed by atoms with Gasteiger partial charge in [-0.15, -0.1) is 0 Å². The van der Waals surface area contributed by atoms with Gasteiger partial charge in [0.25, 0.3) is 5.91 Å². The number of benzene rings is 1. The highest BCUT2D eigenvalue weighted by atomic mass is 32.2. The zero-order chi connectivity index (χ0) is 24.7. The quantitative estimate of drug-likeness (QED) is 0.583. The van der Waals surface area contributed by atoms with E-state index < -0.39 is 15.9 Å². The lowest BCUT2D eigenvalue weighted by molar-refractivity contribution is 0.0901. The van der Waals surface area contributed by atoms with Crippen molar-refractivity contribution in [3.8, 4) is 11.3 Å². The number of piperidine rings is 1. The third-order valence-electron chi connectivity index (χ3n) is 7.22. The molecule has 3 aromatic rings. The van der Waals surface area contributed by atoms with Crippen LogP contribution >= 0.6 is 0 Å². The van der Waals surface area contributed by atoms with E-state index in [-0.39, 0.29) is 29.5 Å². The summed E-state index contributed by atoms with van der Waals surface area (Å²) in [5.41, 5.74) is 3.84. The largest absolute Gasteiger partial charge is 0.347 e. The number of amides is 1. The van der Waals surface area contributed by atoms with E-state index in [4.69, 9.17) is 4.98 Å². The average molecular weight is 496 g/mol. The zero-order valence-electron chi connectivity index (χ0n) is 20.6. The van der Waals surface area contributed by atoms with Gasteiger partial charge in [-0.1, -0.05) is 30.7 Å². The first-order valence-corrected chi connectivity index (χ1v) is 14.3. The Morgan fingerprint density at radius 2 is 1.86 bits per heavy atom. The van der Waals surface area contributed by atoms with Crippen LogP contribution in [0.15, 0.2) is 36.5 Å². The van der Waals surface area contributed by atoms with Crippen LogP contribution in [-0.4, -0.2) is 70.7 Å². The van der Waals surface area contributed by atoms with Crippen molar-refractivity contribution in [3.05, 3.63) is 47.7 Å². The smallest absolute Gasteiger partial charge is 0.252 e. The molecule has 2 unspecified atom stereocenters. The van der Waals surface area contributed by atoms with E-state index in [0.29, 0.717) is 22.3 Å². The van der Waals surface area contributed by atoms with Gasteiger partial charge in [0.05, 0.1) is 40.4 Å². The van der Waals surface area contributed by atoms with Gasteiger partial charge in [0.1, 0.15) is 0 Å². The van der Waals surface area contributed by atoms with Gasteiger partial charge in [0, 0.05) is 17.6 Å². The highest BCUT2D eigenvalue weighted by molar-refractivity contribution is 7.91. The molecule has 2 fully saturated rings. The van der Waals surface area contributed by atoms with Crippen molar-refractivity contribution >= 4 is 26.8 Å². The molecule has 2 saturated heterocycles. The molecule has 4 heterocycles. The van der Waals surface area contributed by atoms with E-state index in [1.807, 2.05) is 55.8 Å². The van der Waals surface area contributed by atoms with Crippen molar-refractivity contribution in [2.45, 2.75) is 58.2 Å². The third-order valence-corrected chi connectivity index (χ3v) is 8.94. The van der Waals surface area contributed by atoms with Crippen LogP contribution in [0.4, 0.5) is 0 Å². The minimum Gasteiger partial charge on any atom is -0.347 e. The number of carbonyl (C=O) groups excluding carboxylic acids is 1. The summed E-state index contributed by atoms with van der Waals surface area (Å²) in [5, 5.41) is 8.28. The fraction of sp³-hybridized carbons (Fsp3) is 0.500. The van der Waals surface area contributed by atoms with Crippen LogP contribution in [-0.2, 0) is 9.84 Å². The molecule has 9 heteroatoms. The molecule has 2 aliphatic rings. The summed E-state index contributed by atoms with van der Waals surface area (Å²) in [7, 11) is -3.21. The molecule has 186 valence electrons. The van der Waals surface area contributed by atoms with Gasteiger partial charge in [-0.3, -0.25) is 9.69 Å². The van der Waals surface area contributed by atoms with Crippen LogP contribution in [0.3, 0.4) is 0 Å². The van der Waals surface area contributed by atoms with E-state index in [0.717, 1.165) is 37.1 Å². The van der Waals surface area contributed by atoms with Crippen molar-refractivity contribution in [2.75, 3.05) is 24.6 Å². The topological polar surface area (TPSA) is 97.2 Å². The van der Waals surface area contributed by atoms with Gasteiger partial charge < -0.3 is 5.32 Å². The number of nitrogens with zero attached hydrogens (tertiary/aromatic N) is 4. The minimum absolute atomic E-state index is 0.0238. The summed E-state index contributed by atoms with van der Waals surface area (Å²) in [4.78, 5) is 20.8. The van der Waals surface area contributed by atoms with Crippen molar-refractivity contribution in [3.63, 3.8) is 0 Å². The van der Waals surface area contributed by atoms with Gasteiger partial charge in [0.15, 0.2) is 15.5 Å². The minimum atomic E-state index is -3.21. The first kappa shape index (κ1) is 23.9. The monoisotopic (exact) mass is 495 g/mol. The molecule has 0 bridgehead atoms. The molecule has 1 aromatic carbocycles. The molecule has 0 aliphatic carbocycles. The number of rotatable bonds is 5. The van der Waals surface area contributed by atoms with E-state index in [1.54, 1.807) is 6.20 Å². The average Bonchev–Trinajstić information content (AvgIpc) is 3.39. The molecular weight excluding hydrogens is 462 g/mol. The maximum absolute atomic E-state index is 13.7. The first-order valence-electron chi connectivity index (χ1n) is 12.4. The van der Waals surface area contributed by atoms with Gasteiger partial charge >= 0.3 is 0 Å². The number of hydrogen-bond donors (Lipinski definition) is 1. The second-order valence-electron chi connectivity index (χ2n) is 10.1. The first-order chi connectivity index (χ1) is 16.7. The Morgan fingerprint density at radius 1 is 1.11 bits per heavy atom. The molecule has 1 N–H and O–H groups in total. The Kier molecular flexibility index (Phi) is 6.40. The summed E-state index contributed by atoms with van der Waals surface area (Å²) in [6.07, 6.45) is 4.99. The fourth-order valence-corrected chi connectivity index (χ4v) is 7.36. The van der Waals surface area contributed by atoms with E-state index in [1.165, 1.54) is 6.42 Å². The van der Waals surface area contributed by atoms with Crippen molar-refractivity contribution in [2.24, 2.45) is 0 Å². The summed E-state index contributed by atoms with van der Waals surface area (Å²) in [6, 6.07) is 9.22. The van der Waals surface area contributed by atoms with Gasteiger partial charge in [-0.2, -0.15) is 5.10 Å². The maximum Gasteiger partial charge on any atom is 0.252 e. The number of carbonyl (C=O) groups is 1. The molecule has 35 heavy (non-hydrogen) atoms. The molecule has 8 nitrogen and oxygen atoms in total. The number of nitrogens with one attached hydrogen (secondary N) is 1. The van der Waals surface area contributed by atoms with Crippen LogP contribution in [0.5, 0.6) is 0 Å². The fourth-order valence-electron chi connectivity index (χ4n) is 5.41. The maximum atomic E-state index is 13.7. The standard InChI is InChI=1S/C26H33N5O3S/c1-17(2)31-25-21(14-27-31)20(13-22(28-25)19-10-6-5-9-18(19)3)26(32)29-23-15-35(33,34)16-24(23)30-11-7-4-8-12-30/h5-6,9-10,13-14,17,23-24H,4,7-8,11-12,15-16H2,1-3H3,(H,29,32). The number of hydrogen-bond acceptors (Lipinski definition) is 6. The van der Waals surface area contributed by atoms with Crippen LogP contribution in [0.25, 0.3) is 22.3 Å². The van der Waals surface area contributed by atoms with Crippen molar-refractivity contribution in [1.29, 1.82) is 0 Å². The molecule has 2 aromatic heterocycles. The molecular formula is C26H33N5O3S. The lowest BCUT2D eigenvalue weighted by Crippen LogP contribution is -2.52. The second-order valence-corrected chi connectivity index (χ2v) is 12.3. The number of aromatic nitrogens is 3. The van der Waals surface area contributed by atoms with Gasteiger partial charge in [-0.25, -0.2) is 18.1 Å². The molecule has 5 rings (SSSR count). The summed E-state index contributed by atoms with van der Waals surface area (Å²) >= 11 is 0. The SMILES string of the molecule is Cc1ccccc1-c1cc(C(=O)NC2CS(=O)(=O)CC2N2CCCCC2)c2cnn(C(C)C)c2n1. The Balaban J connectivity index is 1.54. The lowest BCUT2D eigenvalue weighted by atomic mass is 10.0. The highest BCUT2D eigenvalue weighted by Crippen LogP contribution is 2.29. The van der Waals surface area contributed by atoms with Crippen molar-refractivity contribution < 1.29 is 13.2 Å². The molecule has 1 amide bonds. The Hall–Kier alpha value is -2.78. The molecule has 0 spiro atoms. The van der Waals surface area contributed by atoms with Gasteiger partial charge in [-0.05, 0) is 58.3 Å². The third kappa shape index (κ3) is 4.71. The number of likely N-dealkylation sites (tertiary alicyclic amines) is 1. The van der Waals surface area contributed by atoms with Crippen LogP contribution in [0.2, 0.25) is 0 Å². The predicted octanol–water partition coefficient (Wildman–Crippen LogP) is 3.37. The highest BCUT2D eigenvalue weighted by Gasteiger charge is 2.42. The number of pyridine rings is 1. The second kappa shape index (κ2) is 9.35. The molecule has 2 atom stereocenters. The molecule has 0 saturated carbocycles. The number of sulfone groups is 1. The van der Waals surface area contributed by atoms with Crippen LogP contribution in [0, 0.1) is 6.92 Å². The summed E-state index contributed by atoms with van der Waals surface area (Å²) in [5.74, 6) is -0.201. The van der Waals surface area contributed by atoms with Crippen LogP contribution in [0.1, 0.15) is 55.1 Å². The molecule has 0 radical (unpaired) electrons. The lowest BCUT2D eigenvalue weighted by Gasteiger charge is -2.35. The van der Waals surface area contributed by atoms with Crippen LogP contribution < -0.4 is 5.32 Å². The number of fused-ring (bicyclic) bond motifs is 1. The normalized spacial score (nSPS) is 22.6. The van der Waals surface area contributed by atoms with Gasteiger partial charge in [0.2, 0.25) is 0 Å². The Labute approximate surface area is 206 Å². The summed E-state index contributed by atoms with van der Waals surface area (Å²) in [6.45, 7) is 7.84. The summed E-state index contributed by atoms with van der Waals surface area (Å²) < 4.78 is 27.0. The number of aryl methyl sites for hydroxylation is 1. The van der Waals surface area contributed by atoms with E-state index >= 15 is 0 Å². The zero-order valence-corrected chi connectivity index (χ0v) is 21.4. The Morgan fingerprint density at radius 3 is 2.57 bits per heavy atom. The van der Waals surface area contributed by atoms with E-state index in [9.17, 15) is 13.2 Å². The van der Waals surface area contributed by atoms with E-state index in [2.05, 4.69) is 15.3 Å². The van der Waals surface area contributed by atoms with Crippen molar-refractivity contribution in [1.82, 2.24) is 25.0 Å². The Bertz CT molecular complexity index is 1360. The molecule has 2 aliphatic heterocycles. The predicted molar refractivity (Wildman–Crippen MR) is 137 cm³/mol.